The van der Waals surface area contributed by atoms with Crippen molar-refractivity contribution in [2.24, 2.45) is 0 Å². The minimum atomic E-state index is -0.632. The lowest BCUT2D eigenvalue weighted by Crippen LogP contribution is -2.27. The van der Waals surface area contributed by atoms with Gasteiger partial charge in [-0.1, -0.05) is 17.7 Å². The molecule has 1 aliphatic heterocycles. The predicted molar refractivity (Wildman–Crippen MR) is 109 cm³/mol. The Morgan fingerprint density at radius 3 is 2.69 bits per heavy atom. The first-order valence-corrected chi connectivity index (χ1v) is 9.86. The highest BCUT2D eigenvalue weighted by atomic mass is 35.5. The summed E-state index contributed by atoms with van der Waals surface area (Å²) < 4.78 is 15.5. The number of halogens is 1. The van der Waals surface area contributed by atoms with E-state index < -0.39 is 17.1 Å². The van der Waals surface area contributed by atoms with E-state index in [1.54, 1.807) is 24.3 Å². The topological polar surface area (TPSA) is 86.0 Å². The molecule has 0 aliphatic carbocycles. The van der Waals surface area contributed by atoms with Crippen LogP contribution in [-0.2, 0) is 16.1 Å². The van der Waals surface area contributed by atoms with Gasteiger partial charge >= 0.3 is 5.97 Å². The van der Waals surface area contributed by atoms with Crippen LogP contribution >= 0.6 is 23.4 Å². The van der Waals surface area contributed by atoms with Crippen molar-refractivity contribution in [1.82, 2.24) is 4.90 Å². The molecule has 0 unspecified atom stereocenters. The van der Waals surface area contributed by atoms with E-state index in [-0.39, 0.29) is 23.3 Å². The Labute approximate surface area is 176 Å². The zero-order chi connectivity index (χ0) is 21.1. The summed E-state index contributed by atoms with van der Waals surface area (Å²) in [6.45, 7) is 3.71. The molecule has 2 aromatic rings. The van der Waals surface area contributed by atoms with Gasteiger partial charge in [0.15, 0.2) is 0 Å². The molecule has 2 amide bonds. The van der Waals surface area contributed by atoms with Crippen LogP contribution in [-0.4, -0.2) is 35.2 Å². The van der Waals surface area contributed by atoms with Gasteiger partial charge in [-0.2, -0.15) is 0 Å². The zero-order valence-electron chi connectivity index (χ0n) is 15.9. The molecule has 1 aromatic heterocycles. The Morgan fingerprint density at radius 1 is 1.28 bits per heavy atom. The lowest BCUT2D eigenvalue weighted by molar-refractivity contribution is -0.123. The maximum Gasteiger partial charge on any atom is 0.373 e. The van der Waals surface area contributed by atoms with Crippen molar-refractivity contribution in [1.29, 1.82) is 0 Å². The Bertz CT molecular complexity index is 997. The zero-order valence-corrected chi connectivity index (χ0v) is 17.5. The summed E-state index contributed by atoms with van der Waals surface area (Å²) >= 11 is 7.05. The Kier molecular flexibility index (Phi) is 6.34. The molecule has 7 nitrogen and oxygen atoms in total. The van der Waals surface area contributed by atoms with Gasteiger partial charge in [0.25, 0.3) is 11.1 Å². The number of ether oxygens (including phenoxy) is 2. The highest BCUT2D eigenvalue weighted by Crippen LogP contribution is 2.35. The minimum Gasteiger partial charge on any atom is -0.489 e. The lowest BCUT2D eigenvalue weighted by atomic mass is 10.2. The molecule has 29 heavy (non-hydrogen) atoms. The number of benzene rings is 1. The van der Waals surface area contributed by atoms with Gasteiger partial charge in [-0.25, -0.2) is 4.79 Å². The number of hydrogen-bond acceptors (Lipinski definition) is 7. The summed E-state index contributed by atoms with van der Waals surface area (Å²) in [5.41, 5.74) is 0.669. The summed E-state index contributed by atoms with van der Waals surface area (Å²) in [7, 11) is 1.24. The smallest absolute Gasteiger partial charge is 0.373 e. The molecule has 152 valence electrons. The third-order valence-corrected chi connectivity index (χ3v) is 5.05. The SMILES string of the molecule is COC(=O)c1ccc(CN2C(=O)S/C(=C/c3ccc(OC(C)C)c(Cl)c3)C2=O)o1. The van der Waals surface area contributed by atoms with E-state index in [0.717, 1.165) is 16.7 Å². The van der Waals surface area contributed by atoms with Crippen molar-refractivity contribution in [3.63, 3.8) is 0 Å². The van der Waals surface area contributed by atoms with Gasteiger partial charge in [-0.05, 0) is 61.5 Å². The predicted octanol–water partition coefficient (Wildman–Crippen LogP) is 4.74. The lowest BCUT2D eigenvalue weighted by Gasteiger charge is -2.11. The molecule has 1 aliphatic rings. The molecule has 0 bridgehead atoms. The molecule has 3 rings (SSSR count). The number of carbonyl (C=O) groups is 3. The molecule has 0 atom stereocenters. The summed E-state index contributed by atoms with van der Waals surface area (Å²) in [5.74, 6) is -0.233. The van der Waals surface area contributed by atoms with Gasteiger partial charge in [0.1, 0.15) is 11.5 Å². The number of methoxy groups -OCH3 is 1. The Balaban J connectivity index is 1.75. The standard InChI is InChI=1S/C20H18ClNO6S/c1-11(2)27-15-6-4-12(8-14(15)21)9-17-18(23)22(20(25)29-17)10-13-5-7-16(28-13)19(24)26-3/h4-9,11H,10H2,1-3H3/b17-9+. The maximum absolute atomic E-state index is 12.6. The molecule has 1 saturated heterocycles. The number of esters is 1. The molecule has 0 radical (unpaired) electrons. The molecule has 1 aromatic carbocycles. The molecule has 0 spiro atoms. The maximum atomic E-state index is 12.6. The summed E-state index contributed by atoms with van der Waals surface area (Å²) in [4.78, 5) is 37.7. The van der Waals surface area contributed by atoms with Crippen molar-refractivity contribution < 1.29 is 28.3 Å². The van der Waals surface area contributed by atoms with Gasteiger partial charge in [0, 0.05) is 0 Å². The molecule has 1 fully saturated rings. The second kappa shape index (κ2) is 8.75. The van der Waals surface area contributed by atoms with Crippen LogP contribution < -0.4 is 4.74 Å². The molecular weight excluding hydrogens is 418 g/mol. The second-order valence-corrected chi connectivity index (χ2v) is 7.78. The van der Waals surface area contributed by atoms with E-state index in [0.29, 0.717) is 22.1 Å². The second-order valence-electron chi connectivity index (χ2n) is 6.38. The molecule has 2 heterocycles. The van der Waals surface area contributed by atoms with Gasteiger partial charge in [-0.3, -0.25) is 14.5 Å². The van der Waals surface area contributed by atoms with E-state index >= 15 is 0 Å². The van der Waals surface area contributed by atoms with E-state index in [2.05, 4.69) is 4.74 Å². The van der Waals surface area contributed by atoms with Crippen LogP contribution in [0.2, 0.25) is 5.02 Å². The Morgan fingerprint density at radius 2 is 2.03 bits per heavy atom. The van der Waals surface area contributed by atoms with Crippen LogP contribution in [0.1, 0.15) is 35.7 Å². The van der Waals surface area contributed by atoms with E-state index in [4.69, 9.17) is 20.8 Å². The first-order chi connectivity index (χ1) is 13.8. The quantitative estimate of drug-likeness (QED) is 0.478. The molecule has 9 heteroatoms. The third-order valence-electron chi connectivity index (χ3n) is 3.85. The van der Waals surface area contributed by atoms with Crippen LogP contribution in [0.25, 0.3) is 6.08 Å². The van der Waals surface area contributed by atoms with Crippen LogP contribution in [0.15, 0.2) is 39.7 Å². The van der Waals surface area contributed by atoms with E-state index in [1.165, 1.54) is 19.2 Å². The summed E-state index contributed by atoms with van der Waals surface area (Å²) in [6.07, 6.45) is 1.58. The normalized spacial score (nSPS) is 15.5. The number of thioether (sulfide) groups is 1. The van der Waals surface area contributed by atoms with Crippen LogP contribution in [0, 0.1) is 0 Å². The third kappa shape index (κ3) is 4.83. The number of furan rings is 1. The highest BCUT2D eigenvalue weighted by molar-refractivity contribution is 8.18. The van der Waals surface area contributed by atoms with Gasteiger partial charge in [0.05, 0.1) is 29.7 Å². The average Bonchev–Trinajstić information content (AvgIpc) is 3.24. The van der Waals surface area contributed by atoms with Gasteiger partial charge in [0.2, 0.25) is 5.76 Å². The van der Waals surface area contributed by atoms with Crippen molar-refractivity contribution >= 4 is 46.6 Å². The number of rotatable bonds is 6. The first-order valence-electron chi connectivity index (χ1n) is 8.67. The van der Waals surface area contributed by atoms with Crippen LogP contribution in [0.5, 0.6) is 5.75 Å². The number of nitrogens with zero attached hydrogens (tertiary/aromatic N) is 1. The van der Waals surface area contributed by atoms with E-state index in [9.17, 15) is 14.4 Å². The van der Waals surface area contributed by atoms with E-state index in [1.807, 2.05) is 13.8 Å². The summed E-state index contributed by atoms with van der Waals surface area (Å²) in [5, 5.41) is -0.0132. The van der Waals surface area contributed by atoms with Crippen LogP contribution in [0.4, 0.5) is 4.79 Å². The van der Waals surface area contributed by atoms with Crippen molar-refractivity contribution in [2.45, 2.75) is 26.5 Å². The highest BCUT2D eigenvalue weighted by Gasteiger charge is 2.35. The van der Waals surface area contributed by atoms with Gasteiger partial charge < -0.3 is 13.9 Å². The largest absolute Gasteiger partial charge is 0.489 e. The monoisotopic (exact) mass is 435 g/mol. The van der Waals surface area contributed by atoms with Crippen LogP contribution in [0.3, 0.4) is 0 Å². The fourth-order valence-electron chi connectivity index (χ4n) is 2.57. The molecule has 0 N–H and O–H groups in total. The fourth-order valence-corrected chi connectivity index (χ4v) is 3.64. The first kappa shape index (κ1) is 21.0. The minimum absolute atomic E-state index is 0.00311. The van der Waals surface area contributed by atoms with Crippen molar-refractivity contribution in [3.05, 3.63) is 57.3 Å². The van der Waals surface area contributed by atoms with Crippen molar-refractivity contribution in [3.8, 4) is 5.75 Å². The number of imide groups is 1. The Hall–Kier alpha value is -2.71. The average molecular weight is 436 g/mol. The fraction of sp³-hybridized carbons (Fsp3) is 0.250. The molecule has 0 saturated carbocycles. The number of hydrogen-bond donors (Lipinski definition) is 0. The summed E-state index contributed by atoms with van der Waals surface area (Å²) in [6, 6.07) is 8.09. The number of amides is 2. The molecular formula is C20H18ClNO6S. The van der Waals surface area contributed by atoms with Gasteiger partial charge in [-0.15, -0.1) is 0 Å². The number of carbonyl (C=O) groups excluding carboxylic acids is 3. The van der Waals surface area contributed by atoms with Crippen molar-refractivity contribution in [2.75, 3.05) is 7.11 Å².